The number of carbonyl (C=O) groups excluding carboxylic acids is 2. The van der Waals surface area contributed by atoms with Gasteiger partial charge in [-0.15, -0.1) is 0 Å². The molecule has 0 radical (unpaired) electrons. The SMILES string of the molecule is O=C(CNC(C(=O)NCc1cccnc1)c1cc2ccccc2c2ccccc12)NO. The van der Waals surface area contributed by atoms with Gasteiger partial charge in [0.25, 0.3) is 5.91 Å². The van der Waals surface area contributed by atoms with Gasteiger partial charge in [-0.3, -0.25) is 25.1 Å². The van der Waals surface area contributed by atoms with Crippen LogP contribution in [-0.4, -0.2) is 28.6 Å². The predicted octanol–water partition coefficient (Wildman–Crippen LogP) is 2.84. The van der Waals surface area contributed by atoms with E-state index in [-0.39, 0.29) is 12.5 Å². The van der Waals surface area contributed by atoms with Crippen LogP contribution in [0.2, 0.25) is 0 Å². The largest absolute Gasteiger partial charge is 0.350 e. The Morgan fingerprint density at radius 3 is 2.42 bits per heavy atom. The minimum Gasteiger partial charge on any atom is -0.350 e. The fourth-order valence-electron chi connectivity index (χ4n) is 3.69. The van der Waals surface area contributed by atoms with Crippen LogP contribution in [0.15, 0.2) is 79.1 Å². The van der Waals surface area contributed by atoms with Crippen molar-refractivity contribution in [3.8, 4) is 0 Å². The number of hydrogen-bond acceptors (Lipinski definition) is 5. The van der Waals surface area contributed by atoms with Crippen LogP contribution < -0.4 is 16.1 Å². The third-order valence-corrected chi connectivity index (χ3v) is 5.15. The van der Waals surface area contributed by atoms with Crippen LogP contribution in [-0.2, 0) is 16.1 Å². The van der Waals surface area contributed by atoms with Crippen LogP contribution in [0, 0.1) is 0 Å². The summed E-state index contributed by atoms with van der Waals surface area (Å²) in [5.41, 5.74) is 3.21. The lowest BCUT2D eigenvalue weighted by Crippen LogP contribution is -2.41. The van der Waals surface area contributed by atoms with E-state index in [1.54, 1.807) is 23.9 Å². The molecule has 3 aromatic carbocycles. The van der Waals surface area contributed by atoms with Gasteiger partial charge in [-0.25, -0.2) is 5.48 Å². The first kappa shape index (κ1) is 20.5. The van der Waals surface area contributed by atoms with E-state index in [1.165, 1.54) is 0 Å². The summed E-state index contributed by atoms with van der Waals surface area (Å²) in [4.78, 5) is 28.9. The normalized spacial score (nSPS) is 11.9. The van der Waals surface area contributed by atoms with Crippen molar-refractivity contribution in [1.29, 1.82) is 0 Å². The number of nitrogens with zero attached hydrogens (tertiary/aromatic N) is 1. The standard InChI is InChI=1S/C24H22N4O3/c29-22(28-31)15-26-23(24(30)27-14-16-6-5-11-25-13-16)21-12-17-7-1-2-8-18(17)19-9-3-4-10-20(19)21/h1-13,23,26,31H,14-15H2,(H,27,30)(H,28,29). The minimum atomic E-state index is -0.802. The molecule has 156 valence electrons. The summed E-state index contributed by atoms with van der Waals surface area (Å²) in [7, 11) is 0. The Labute approximate surface area is 179 Å². The van der Waals surface area contributed by atoms with E-state index in [1.807, 2.05) is 60.7 Å². The maximum Gasteiger partial charge on any atom is 0.257 e. The molecule has 0 saturated heterocycles. The van der Waals surface area contributed by atoms with Crippen molar-refractivity contribution in [2.75, 3.05) is 6.54 Å². The predicted molar refractivity (Wildman–Crippen MR) is 118 cm³/mol. The Hall–Kier alpha value is -3.81. The molecule has 31 heavy (non-hydrogen) atoms. The zero-order valence-corrected chi connectivity index (χ0v) is 16.7. The van der Waals surface area contributed by atoms with Gasteiger partial charge in [0, 0.05) is 18.9 Å². The molecule has 4 rings (SSSR count). The topological polar surface area (TPSA) is 103 Å². The summed E-state index contributed by atoms with van der Waals surface area (Å²) in [5.74, 6) is -0.912. The van der Waals surface area contributed by atoms with E-state index in [0.717, 1.165) is 32.7 Å². The average molecular weight is 414 g/mol. The van der Waals surface area contributed by atoms with Gasteiger partial charge in [0.1, 0.15) is 6.04 Å². The molecule has 4 N–H and O–H groups in total. The van der Waals surface area contributed by atoms with Crippen LogP contribution in [0.25, 0.3) is 21.5 Å². The summed E-state index contributed by atoms with van der Waals surface area (Å²) >= 11 is 0. The van der Waals surface area contributed by atoms with Crippen LogP contribution in [0.1, 0.15) is 17.2 Å². The first-order valence-electron chi connectivity index (χ1n) is 9.90. The van der Waals surface area contributed by atoms with Gasteiger partial charge in [-0.2, -0.15) is 0 Å². The highest BCUT2D eigenvalue weighted by Crippen LogP contribution is 2.32. The first-order chi connectivity index (χ1) is 15.2. The van der Waals surface area contributed by atoms with Gasteiger partial charge in [0.15, 0.2) is 0 Å². The molecule has 2 amide bonds. The van der Waals surface area contributed by atoms with Gasteiger partial charge in [0.2, 0.25) is 5.91 Å². The number of aromatic nitrogens is 1. The molecule has 1 aromatic heterocycles. The number of hydroxylamine groups is 1. The summed E-state index contributed by atoms with van der Waals surface area (Å²) in [6, 6.07) is 20.7. The van der Waals surface area contributed by atoms with Crippen LogP contribution in [0.5, 0.6) is 0 Å². The summed E-state index contributed by atoms with van der Waals surface area (Å²) in [5, 5.41) is 18.8. The molecule has 7 heteroatoms. The van der Waals surface area contributed by atoms with Crippen LogP contribution in [0.3, 0.4) is 0 Å². The third-order valence-electron chi connectivity index (χ3n) is 5.15. The number of hydrogen-bond donors (Lipinski definition) is 4. The van der Waals surface area contributed by atoms with Crippen molar-refractivity contribution in [3.63, 3.8) is 0 Å². The average Bonchev–Trinajstić information content (AvgIpc) is 2.83. The van der Waals surface area contributed by atoms with E-state index in [0.29, 0.717) is 6.54 Å². The monoisotopic (exact) mass is 414 g/mol. The van der Waals surface area contributed by atoms with E-state index in [2.05, 4.69) is 15.6 Å². The molecule has 0 aliphatic rings. The lowest BCUT2D eigenvalue weighted by molar-refractivity contribution is -0.129. The molecule has 1 unspecified atom stereocenters. The summed E-state index contributed by atoms with van der Waals surface area (Å²) < 4.78 is 0. The molecule has 1 atom stereocenters. The number of fused-ring (bicyclic) bond motifs is 3. The van der Waals surface area contributed by atoms with E-state index in [9.17, 15) is 9.59 Å². The second-order valence-corrected chi connectivity index (χ2v) is 7.16. The van der Waals surface area contributed by atoms with Gasteiger partial charge in [-0.05, 0) is 44.8 Å². The molecule has 0 bridgehead atoms. The maximum atomic E-state index is 13.2. The van der Waals surface area contributed by atoms with E-state index < -0.39 is 11.9 Å². The lowest BCUT2D eigenvalue weighted by atomic mass is 9.93. The Morgan fingerprint density at radius 2 is 1.68 bits per heavy atom. The second kappa shape index (κ2) is 9.34. The Morgan fingerprint density at radius 1 is 0.935 bits per heavy atom. The van der Waals surface area contributed by atoms with Gasteiger partial charge in [-0.1, -0.05) is 54.6 Å². The molecule has 0 aliphatic carbocycles. The third kappa shape index (κ3) is 4.53. The first-order valence-corrected chi connectivity index (χ1v) is 9.90. The zero-order valence-electron chi connectivity index (χ0n) is 16.7. The molecule has 0 fully saturated rings. The van der Waals surface area contributed by atoms with Crippen molar-refractivity contribution in [1.82, 2.24) is 21.1 Å². The quantitative estimate of drug-likeness (QED) is 0.212. The van der Waals surface area contributed by atoms with Crippen LogP contribution >= 0.6 is 0 Å². The molecule has 4 aromatic rings. The minimum absolute atomic E-state index is 0.220. The van der Waals surface area contributed by atoms with Crippen molar-refractivity contribution >= 4 is 33.4 Å². The number of nitrogens with one attached hydrogen (secondary N) is 3. The number of benzene rings is 3. The fraction of sp³-hybridized carbons (Fsp3) is 0.125. The van der Waals surface area contributed by atoms with Crippen LogP contribution in [0.4, 0.5) is 0 Å². The van der Waals surface area contributed by atoms with E-state index in [4.69, 9.17) is 5.21 Å². The number of pyridine rings is 1. The van der Waals surface area contributed by atoms with Crippen molar-refractivity contribution in [3.05, 3.63) is 90.3 Å². The van der Waals surface area contributed by atoms with Crippen molar-refractivity contribution in [2.45, 2.75) is 12.6 Å². The van der Waals surface area contributed by atoms with Gasteiger partial charge >= 0.3 is 0 Å². The highest BCUT2D eigenvalue weighted by Gasteiger charge is 2.24. The Balaban J connectivity index is 1.74. The molecule has 0 aliphatic heterocycles. The Kier molecular flexibility index (Phi) is 6.16. The van der Waals surface area contributed by atoms with Gasteiger partial charge in [0.05, 0.1) is 6.54 Å². The molecular formula is C24H22N4O3. The van der Waals surface area contributed by atoms with Crippen molar-refractivity contribution < 1.29 is 14.8 Å². The molecule has 0 spiro atoms. The van der Waals surface area contributed by atoms with Gasteiger partial charge < -0.3 is 5.32 Å². The Bertz CT molecular complexity index is 1230. The highest BCUT2D eigenvalue weighted by atomic mass is 16.5. The number of rotatable bonds is 7. The smallest absolute Gasteiger partial charge is 0.257 e. The highest BCUT2D eigenvalue weighted by molar-refractivity contribution is 6.10. The summed E-state index contributed by atoms with van der Waals surface area (Å²) in [6.07, 6.45) is 3.36. The number of carbonyl (C=O) groups is 2. The molecule has 0 saturated carbocycles. The molecular weight excluding hydrogens is 392 g/mol. The fourth-order valence-corrected chi connectivity index (χ4v) is 3.69. The lowest BCUT2D eigenvalue weighted by Gasteiger charge is -2.21. The van der Waals surface area contributed by atoms with E-state index >= 15 is 0 Å². The maximum absolute atomic E-state index is 13.2. The second-order valence-electron chi connectivity index (χ2n) is 7.16. The van der Waals surface area contributed by atoms with Crippen molar-refractivity contribution in [2.24, 2.45) is 0 Å². The zero-order chi connectivity index (χ0) is 21.6. The molecule has 1 heterocycles. The summed E-state index contributed by atoms with van der Waals surface area (Å²) in [6.45, 7) is 0.0885. The molecule has 7 nitrogen and oxygen atoms in total. The number of amides is 2.